The van der Waals surface area contributed by atoms with Gasteiger partial charge in [0.25, 0.3) is 0 Å². The van der Waals surface area contributed by atoms with Crippen LogP contribution in [-0.2, 0) is 0 Å². The Kier molecular flexibility index (Phi) is 2.75. The van der Waals surface area contributed by atoms with E-state index in [9.17, 15) is 5.11 Å². The van der Waals surface area contributed by atoms with Gasteiger partial charge >= 0.3 is 0 Å². The van der Waals surface area contributed by atoms with Crippen LogP contribution in [0.4, 0.5) is 5.82 Å². The van der Waals surface area contributed by atoms with E-state index in [2.05, 4.69) is 4.98 Å². The number of ether oxygens (including phenoxy) is 1. The molecule has 3 N–H and O–H groups in total. The Morgan fingerprint density at radius 1 is 1.25 bits per heavy atom. The molecule has 3 aromatic rings. The highest BCUT2D eigenvalue weighted by molar-refractivity contribution is 5.76. The molecule has 102 valence electrons. The zero-order chi connectivity index (χ0) is 14.3. The molecule has 5 heteroatoms. The van der Waals surface area contributed by atoms with E-state index in [0.29, 0.717) is 17.3 Å². The smallest absolute Gasteiger partial charge is 0.161 e. The minimum atomic E-state index is 0.0921. The van der Waals surface area contributed by atoms with E-state index in [1.807, 2.05) is 29.7 Å². The summed E-state index contributed by atoms with van der Waals surface area (Å²) in [5.41, 5.74) is 9.54. The minimum Gasteiger partial charge on any atom is -0.504 e. The molecule has 0 atom stereocenters. The molecule has 0 amide bonds. The standard InChI is InChI=1S/C15H15N3O2/c1-9-3-6-13-17-14(15(16)18(13)8-9)10-4-5-11(19)12(7-10)20-2/h3-8,19H,16H2,1-2H3. The van der Waals surface area contributed by atoms with Crippen LogP contribution in [0.2, 0.25) is 0 Å². The molecular formula is C15H15N3O2. The highest BCUT2D eigenvalue weighted by Gasteiger charge is 2.13. The van der Waals surface area contributed by atoms with Gasteiger partial charge in [-0.25, -0.2) is 4.98 Å². The Bertz CT molecular complexity index is 793. The summed E-state index contributed by atoms with van der Waals surface area (Å²) in [6.07, 6.45) is 1.94. The van der Waals surface area contributed by atoms with Crippen LogP contribution in [0, 0.1) is 6.92 Å². The lowest BCUT2D eigenvalue weighted by Crippen LogP contribution is -1.94. The van der Waals surface area contributed by atoms with Crippen molar-refractivity contribution in [1.82, 2.24) is 9.38 Å². The van der Waals surface area contributed by atoms with Gasteiger partial charge in [-0.2, -0.15) is 0 Å². The maximum Gasteiger partial charge on any atom is 0.161 e. The Balaban J connectivity index is 2.21. The van der Waals surface area contributed by atoms with Crippen molar-refractivity contribution in [3.8, 4) is 22.8 Å². The quantitative estimate of drug-likeness (QED) is 0.750. The maximum atomic E-state index is 9.65. The highest BCUT2D eigenvalue weighted by Crippen LogP contribution is 2.33. The number of fused-ring (bicyclic) bond motifs is 1. The molecule has 1 aromatic carbocycles. The zero-order valence-corrected chi connectivity index (χ0v) is 11.3. The molecule has 3 rings (SSSR count). The molecule has 20 heavy (non-hydrogen) atoms. The van der Waals surface area contributed by atoms with Crippen molar-refractivity contribution in [2.45, 2.75) is 6.92 Å². The number of methoxy groups -OCH3 is 1. The van der Waals surface area contributed by atoms with E-state index < -0.39 is 0 Å². The van der Waals surface area contributed by atoms with Gasteiger partial charge in [0.05, 0.1) is 7.11 Å². The van der Waals surface area contributed by atoms with E-state index >= 15 is 0 Å². The number of anilines is 1. The lowest BCUT2D eigenvalue weighted by Gasteiger charge is -2.05. The van der Waals surface area contributed by atoms with Gasteiger partial charge in [0.1, 0.15) is 17.2 Å². The molecule has 5 nitrogen and oxygen atoms in total. The number of aromatic nitrogens is 2. The number of nitrogens with zero attached hydrogens (tertiary/aromatic N) is 2. The van der Waals surface area contributed by atoms with Crippen LogP contribution < -0.4 is 10.5 Å². The minimum absolute atomic E-state index is 0.0921. The lowest BCUT2D eigenvalue weighted by atomic mass is 10.1. The summed E-state index contributed by atoms with van der Waals surface area (Å²) in [5, 5.41) is 9.65. The molecule has 0 radical (unpaired) electrons. The number of aromatic hydroxyl groups is 1. The van der Waals surface area contributed by atoms with E-state index in [1.165, 1.54) is 7.11 Å². The molecule has 0 aliphatic rings. The monoisotopic (exact) mass is 269 g/mol. The summed E-state index contributed by atoms with van der Waals surface area (Å²) in [7, 11) is 1.51. The van der Waals surface area contributed by atoms with Crippen molar-refractivity contribution in [3.05, 3.63) is 42.1 Å². The van der Waals surface area contributed by atoms with E-state index in [1.54, 1.807) is 18.2 Å². The molecule has 0 aliphatic heterocycles. The van der Waals surface area contributed by atoms with Crippen LogP contribution in [0.1, 0.15) is 5.56 Å². The lowest BCUT2D eigenvalue weighted by molar-refractivity contribution is 0.373. The Morgan fingerprint density at radius 2 is 2.05 bits per heavy atom. The van der Waals surface area contributed by atoms with Crippen LogP contribution in [0.25, 0.3) is 16.9 Å². The van der Waals surface area contributed by atoms with Gasteiger partial charge in [-0.15, -0.1) is 0 Å². The number of imidazole rings is 1. The Labute approximate surface area is 116 Å². The summed E-state index contributed by atoms with van der Waals surface area (Å²) >= 11 is 0. The molecule has 0 fully saturated rings. The third kappa shape index (κ3) is 1.84. The van der Waals surface area contributed by atoms with Gasteiger partial charge in [0.2, 0.25) is 0 Å². The Hall–Kier alpha value is -2.69. The SMILES string of the molecule is COc1cc(-c2nc3ccc(C)cn3c2N)ccc1O. The fraction of sp³-hybridized carbons (Fsp3) is 0.133. The second-order valence-corrected chi connectivity index (χ2v) is 4.67. The number of pyridine rings is 1. The van der Waals surface area contributed by atoms with Crippen molar-refractivity contribution < 1.29 is 9.84 Å². The van der Waals surface area contributed by atoms with Crippen LogP contribution in [0.15, 0.2) is 36.5 Å². The average molecular weight is 269 g/mol. The van der Waals surface area contributed by atoms with Crippen LogP contribution in [0.5, 0.6) is 11.5 Å². The number of aryl methyl sites for hydroxylation is 1. The summed E-state index contributed by atoms with van der Waals surface area (Å²) in [5.74, 6) is 1.06. The highest BCUT2D eigenvalue weighted by atomic mass is 16.5. The zero-order valence-electron chi connectivity index (χ0n) is 11.3. The predicted molar refractivity (Wildman–Crippen MR) is 78.0 cm³/mol. The predicted octanol–water partition coefficient (Wildman–Crippen LogP) is 2.61. The summed E-state index contributed by atoms with van der Waals surface area (Å²) in [6, 6.07) is 8.97. The number of benzene rings is 1. The second-order valence-electron chi connectivity index (χ2n) is 4.67. The van der Waals surface area contributed by atoms with Gasteiger partial charge in [-0.3, -0.25) is 4.40 Å². The number of nitrogen functional groups attached to an aromatic ring is 1. The van der Waals surface area contributed by atoms with Crippen LogP contribution in [-0.4, -0.2) is 21.6 Å². The van der Waals surface area contributed by atoms with Gasteiger partial charge in [-0.05, 0) is 36.8 Å². The van der Waals surface area contributed by atoms with Gasteiger partial charge in [0, 0.05) is 11.8 Å². The van der Waals surface area contributed by atoms with Crippen molar-refractivity contribution in [2.75, 3.05) is 12.8 Å². The number of nitrogens with two attached hydrogens (primary N) is 1. The van der Waals surface area contributed by atoms with Crippen LogP contribution >= 0.6 is 0 Å². The van der Waals surface area contributed by atoms with Gasteiger partial charge in [-0.1, -0.05) is 6.07 Å². The van der Waals surface area contributed by atoms with E-state index in [0.717, 1.165) is 16.8 Å². The molecule has 2 aromatic heterocycles. The van der Waals surface area contributed by atoms with Gasteiger partial charge < -0.3 is 15.6 Å². The normalized spacial score (nSPS) is 10.9. The molecule has 2 heterocycles. The van der Waals surface area contributed by atoms with E-state index in [4.69, 9.17) is 10.5 Å². The molecule has 0 bridgehead atoms. The number of phenols is 1. The van der Waals surface area contributed by atoms with Crippen molar-refractivity contribution >= 4 is 11.5 Å². The molecular weight excluding hydrogens is 254 g/mol. The number of rotatable bonds is 2. The molecule has 0 saturated carbocycles. The first-order valence-corrected chi connectivity index (χ1v) is 6.21. The van der Waals surface area contributed by atoms with E-state index in [-0.39, 0.29) is 5.75 Å². The largest absolute Gasteiger partial charge is 0.504 e. The molecule has 0 aliphatic carbocycles. The van der Waals surface area contributed by atoms with Crippen molar-refractivity contribution in [3.63, 3.8) is 0 Å². The number of phenolic OH excluding ortho intramolecular Hbond substituents is 1. The summed E-state index contributed by atoms with van der Waals surface area (Å²) < 4.78 is 6.97. The topological polar surface area (TPSA) is 72.8 Å². The van der Waals surface area contributed by atoms with Crippen molar-refractivity contribution in [2.24, 2.45) is 0 Å². The average Bonchev–Trinajstić information content (AvgIpc) is 2.77. The van der Waals surface area contributed by atoms with Crippen LogP contribution in [0.3, 0.4) is 0 Å². The van der Waals surface area contributed by atoms with Gasteiger partial charge in [0.15, 0.2) is 11.5 Å². The van der Waals surface area contributed by atoms with Crippen molar-refractivity contribution in [1.29, 1.82) is 0 Å². The molecule has 0 unspecified atom stereocenters. The second kappa shape index (κ2) is 4.45. The fourth-order valence-corrected chi connectivity index (χ4v) is 2.21. The fourth-order valence-electron chi connectivity index (χ4n) is 2.21. The molecule has 0 saturated heterocycles. The third-order valence-electron chi connectivity index (χ3n) is 3.26. The maximum absolute atomic E-state index is 9.65. The first-order chi connectivity index (χ1) is 9.60. The number of hydrogen-bond donors (Lipinski definition) is 2. The molecule has 0 spiro atoms. The number of hydrogen-bond acceptors (Lipinski definition) is 4. The summed E-state index contributed by atoms with van der Waals surface area (Å²) in [6.45, 7) is 2.00. The third-order valence-corrected chi connectivity index (χ3v) is 3.26. The summed E-state index contributed by atoms with van der Waals surface area (Å²) in [4.78, 5) is 4.53. The first-order valence-electron chi connectivity index (χ1n) is 6.21. The Morgan fingerprint density at radius 3 is 2.80 bits per heavy atom. The first kappa shape index (κ1) is 12.3.